The smallest absolute Gasteiger partial charge is 0.254 e. The van der Waals surface area contributed by atoms with Gasteiger partial charge in [0.05, 0.1) is 11.5 Å². The predicted molar refractivity (Wildman–Crippen MR) is 55.0 cm³/mol. The molecule has 0 atom stereocenters. The van der Waals surface area contributed by atoms with Crippen molar-refractivity contribution in [2.24, 2.45) is 10.5 Å². The van der Waals surface area contributed by atoms with Gasteiger partial charge in [0, 0.05) is 6.21 Å². The third-order valence-electron chi connectivity index (χ3n) is 2.92. The fraction of sp³-hybridized carbons (Fsp3) is 0.800. The standard InChI is InChI=1S/C10H17N3O/c1-10(2)7-12-13(9(10)14)8-3-5-11-6-4-8/h7-8,11H,3-6H2,1-2H3. The van der Waals surface area contributed by atoms with Gasteiger partial charge in [-0.15, -0.1) is 0 Å². The number of hydrazone groups is 1. The lowest BCUT2D eigenvalue weighted by molar-refractivity contribution is -0.137. The Kier molecular flexibility index (Phi) is 2.31. The van der Waals surface area contributed by atoms with E-state index in [-0.39, 0.29) is 5.91 Å². The van der Waals surface area contributed by atoms with Crippen LogP contribution in [0.5, 0.6) is 0 Å². The summed E-state index contributed by atoms with van der Waals surface area (Å²) in [5.74, 6) is 0.143. The molecule has 1 fully saturated rings. The summed E-state index contributed by atoms with van der Waals surface area (Å²) < 4.78 is 0. The maximum Gasteiger partial charge on any atom is 0.254 e. The van der Waals surface area contributed by atoms with Crippen LogP contribution in [-0.4, -0.2) is 36.3 Å². The molecule has 2 aliphatic rings. The van der Waals surface area contributed by atoms with E-state index in [0.717, 1.165) is 25.9 Å². The topological polar surface area (TPSA) is 44.7 Å². The molecule has 1 saturated heterocycles. The van der Waals surface area contributed by atoms with Crippen molar-refractivity contribution in [1.82, 2.24) is 10.3 Å². The van der Waals surface area contributed by atoms with Crippen molar-refractivity contribution in [1.29, 1.82) is 0 Å². The lowest BCUT2D eigenvalue weighted by Gasteiger charge is -2.30. The average molecular weight is 195 g/mol. The molecule has 0 bridgehead atoms. The Hall–Kier alpha value is -0.900. The molecule has 0 unspecified atom stereocenters. The highest BCUT2D eigenvalue weighted by molar-refractivity contribution is 6.01. The summed E-state index contributed by atoms with van der Waals surface area (Å²) in [6, 6.07) is 0.307. The molecule has 0 aromatic rings. The van der Waals surface area contributed by atoms with Crippen LogP contribution in [0.1, 0.15) is 26.7 Å². The van der Waals surface area contributed by atoms with Crippen molar-refractivity contribution in [2.75, 3.05) is 13.1 Å². The summed E-state index contributed by atoms with van der Waals surface area (Å²) >= 11 is 0. The lowest BCUT2D eigenvalue weighted by Crippen LogP contribution is -2.44. The van der Waals surface area contributed by atoms with E-state index in [1.165, 1.54) is 0 Å². The normalized spacial score (nSPS) is 27.3. The van der Waals surface area contributed by atoms with Crippen LogP contribution in [-0.2, 0) is 4.79 Å². The number of carbonyl (C=O) groups excluding carboxylic acids is 1. The van der Waals surface area contributed by atoms with Crippen molar-refractivity contribution in [2.45, 2.75) is 32.7 Å². The second-order valence-electron chi connectivity index (χ2n) is 4.60. The Balaban J connectivity index is 2.06. The zero-order chi connectivity index (χ0) is 10.2. The first-order valence-corrected chi connectivity index (χ1v) is 5.21. The van der Waals surface area contributed by atoms with Crippen molar-refractivity contribution >= 4 is 12.1 Å². The van der Waals surface area contributed by atoms with Gasteiger partial charge < -0.3 is 5.32 Å². The van der Waals surface area contributed by atoms with E-state index in [0.29, 0.717) is 6.04 Å². The number of hydrogen-bond donors (Lipinski definition) is 1. The van der Waals surface area contributed by atoms with Gasteiger partial charge in [-0.2, -0.15) is 5.10 Å². The highest BCUT2D eigenvalue weighted by Crippen LogP contribution is 2.26. The van der Waals surface area contributed by atoms with Crippen molar-refractivity contribution < 1.29 is 4.79 Å². The van der Waals surface area contributed by atoms with Gasteiger partial charge in [-0.25, -0.2) is 5.01 Å². The van der Waals surface area contributed by atoms with Gasteiger partial charge in [-0.3, -0.25) is 4.79 Å². The van der Waals surface area contributed by atoms with Crippen molar-refractivity contribution in [3.05, 3.63) is 0 Å². The van der Waals surface area contributed by atoms with Crippen LogP contribution in [0.4, 0.5) is 0 Å². The summed E-state index contributed by atoms with van der Waals surface area (Å²) in [4.78, 5) is 11.9. The van der Waals surface area contributed by atoms with Gasteiger partial charge in [0.15, 0.2) is 0 Å². The first kappa shape index (κ1) is 9.65. The fourth-order valence-corrected chi connectivity index (χ4v) is 1.92. The van der Waals surface area contributed by atoms with Crippen LogP contribution in [0.3, 0.4) is 0 Å². The molecule has 2 heterocycles. The van der Waals surface area contributed by atoms with Crippen LogP contribution in [0.15, 0.2) is 5.10 Å². The largest absolute Gasteiger partial charge is 0.317 e. The number of nitrogens with zero attached hydrogens (tertiary/aromatic N) is 2. The Labute approximate surface area is 84.3 Å². The molecule has 0 saturated carbocycles. The minimum Gasteiger partial charge on any atom is -0.317 e. The molecule has 1 N–H and O–H groups in total. The maximum absolute atomic E-state index is 11.9. The van der Waals surface area contributed by atoms with E-state index in [4.69, 9.17) is 0 Å². The molecule has 4 heteroatoms. The maximum atomic E-state index is 11.9. The first-order valence-electron chi connectivity index (χ1n) is 5.21. The number of rotatable bonds is 1. The number of piperidine rings is 1. The fourth-order valence-electron chi connectivity index (χ4n) is 1.92. The second kappa shape index (κ2) is 3.35. The number of hydrogen-bond acceptors (Lipinski definition) is 3. The van der Waals surface area contributed by atoms with E-state index in [1.807, 2.05) is 13.8 Å². The van der Waals surface area contributed by atoms with E-state index >= 15 is 0 Å². The third-order valence-corrected chi connectivity index (χ3v) is 2.92. The molecular formula is C10H17N3O. The molecule has 2 aliphatic heterocycles. The number of carbonyl (C=O) groups is 1. The van der Waals surface area contributed by atoms with Crippen LogP contribution >= 0.6 is 0 Å². The zero-order valence-electron chi connectivity index (χ0n) is 8.79. The van der Waals surface area contributed by atoms with Gasteiger partial charge in [-0.1, -0.05) is 0 Å². The van der Waals surface area contributed by atoms with Gasteiger partial charge >= 0.3 is 0 Å². The van der Waals surface area contributed by atoms with Crippen molar-refractivity contribution in [3.63, 3.8) is 0 Å². The number of amides is 1. The molecule has 78 valence electrons. The van der Waals surface area contributed by atoms with Gasteiger partial charge in [0.1, 0.15) is 0 Å². The second-order valence-corrected chi connectivity index (χ2v) is 4.60. The predicted octanol–water partition coefficient (Wildman–Crippen LogP) is 0.593. The quantitative estimate of drug-likeness (QED) is 0.665. The highest BCUT2D eigenvalue weighted by atomic mass is 16.2. The number of nitrogens with one attached hydrogen (secondary N) is 1. The first-order chi connectivity index (χ1) is 6.61. The molecular weight excluding hydrogens is 178 g/mol. The average Bonchev–Trinajstić information content (AvgIpc) is 2.44. The van der Waals surface area contributed by atoms with E-state index in [1.54, 1.807) is 11.2 Å². The summed E-state index contributed by atoms with van der Waals surface area (Å²) in [5, 5.41) is 9.19. The monoisotopic (exact) mass is 195 g/mol. The summed E-state index contributed by atoms with van der Waals surface area (Å²) in [6.45, 7) is 5.81. The van der Waals surface area contributed by atoms with Gasteiger partial charge in [0.25, 0.3) is 5.91 Å². The SMILES string of the molecule is CC1(C)C=NN(C2CCNCC2)C1=O. The molecule has 0 spiro atoms. The molecule has 0 aliphatic carbocycles. The Morgan fingerprint density at radius 1 is 1.50 bits per heavy atom. The highest BCUT2D eigenvalue weighted by Gasteiger charge is 2.39. The Bertz CT molecular complexity index is 267. The summed E-state index contributed by atoms with van der Waals surface area (Å²) in [7, 11) is 0. The molecule has 14 heavy (non-hydrogen) atoms. The van der Waals surface area contributed by atoms with Crippen LogP contribution in [0, 0.1) is 5.41 Å². The van der Waals surface area contributed by atoms with E-state index < -0.39 is 5.41 Å². The van der Waals surface area contributed by atoms with E-state index in [2.05, 4.69) is 10.4 Å². The minimum absolute atomic E-state index is 0.143. The minimum atomic E-state index is -0.398. The Morgan fingerprint density at radius 3 is 2.64 bits per heavy atom. The Morgan fingerprint density at radius 2 is 2.14 bits per heavy atom. The van der Waals surface area contributed by atoms with Crippen LogP contribution in [0.2, 0.25) is 0 Å². The lowest BCUT2D eigenvalue weighted by atomic mass is 9.94. The van der Waals surface area contributed by atoms with Gasteiger partial charge in [0.2, 0.25) is 0 Å². The van der Waals surface area contributed by atoms with Crippen LogP contribution in [0.25, 0.3) is 0 Å². The molecule has 1 amide bonds. The molecule has 0 radical (unpaired) electrons. The molecule has 0 aromatic carbocycles. The zero-order valence-corrected chi connectivity index (χ0v) is 8.79. The van der Waals surface area contributed by atoms with E-state index in [9.17, 15) is 4.79 Å². The summed E-state index contributed by atoms with van der Waals surface area (Å²) in [6.07, 6.45) is 3.79. The van der Waals surface area contributed by atoms with Crippen molar-refractivity contribution in [3.8, 4) is 0 Å². The molecule has 2 rings (SSSR count). The third kappa shape index (κ3) is 1.54. The molecule has 0 aromatic heterocycles. The summed E-state index contributed by atoms with van der Waals surface area (Å²) in [5.41, 5.74) is -0.398. The van der Waals surface area contributed by atoms with Crippen LogP contribution < -0.4 is 5.32 Å². The molecule has 4 nitrogen and oxygen atoms in total. The van der Waals surface area contributed by atoms with Gasteiger partial charge in [-0.05, 0) is 39.8 Å².